The van der Waals surface area contributed by atoms with E-state index >= 15 is 0 Å². The molecule has 0 amide bonds. The molecule has 0 unspecified atom stereocenters. The maximum Gasteiger partial charge on any atom is 0.176 e. The highest BCUT2D eigenvalue weighted by Gasteiger charge is 2.11. The van der Waals surface area contributed by atoms with Crippen molar-refractivity contribution >= 4 is 23.6 Å². The van der Waals surface area contributed by atoms with Gasteiger partial charge in [0.25, 0.3) is 0 Å². The summed E-state index contributed by atoms with van der Waals surface area (Å²) >= 11 is 6.32. The van der Waals surface area contributed by atoms with Crippen molar-refractivity contribution in [3.63, 3.8) is 0 Å². The van der Waals surface area contributed by atoms with E-state index in [1.54, 1.807) is 0 Å². The molecule has 0 bridgehead atoms. The minimum Gasteiger partial charge on any atom is -0.360 e. The normalized spacial score (nSPS) is 11.1. The van der Waals surface area contributed by atoms with E-state index in [0.29, 0.717) is 9.87 Å². The molecule has 2 heterocycles. The third kappa shape index (κ3) is 1.76. The Bertz CT molecular complexity index is 482. The van der Waals surface area contributed by atoms with Gasteiger partial charge in [0, 0.05) is 12.0 Å². The zero-order valence-corrected chi connectivity index (χ0v) is 9.41. The Labute approximate surface area is 90.0 Å². The van der Waals surface area contributed by atoms with Crippen LogP contribution in [0.15, 0.2) is 10.6 Å². The van der Waals surface area contributed by atoms with E-state index < -0.39 is 0 Å². The van der Waals surface area contributed by atoms with Gasteiger partial charge in [-0.3, -0.25) is 5.10 Å². The lowest BCUT2D eigenvalue weighted by molar-refractivity contribution is 0.373. The molecule has 6 heteroatoms. The number of rotatable bonds is 2. The molecule has 1 N–H and O–H groups in total. The summed E-state index contributed by atoms with van der Waals surface area (Å²) < 4.78 is 5.81. The lowest BCUT2D eigenvalue weighted by Gasteiger charge is -1.93. The van der Waals surface area contributed by atoms with E-state index in [2.05, 4.69) is 29.2 Å². The monoisotopic (exact) mass is 227 g/mol. The molecule has 14 heavy (non-hydrogen) atoms. The molecular formula is C8H9N3OS2. The van der Waals surface area contributed by atoms with Gasteiger partial charge in [-0.15, -0.1) is 0 Å². The summed E-state index contributed by atoms with van der Waals surface area (Å²) in [5.41, 5.74) is 0.742. The van der Waals surface area contributed by atoms with Gasteiger partial charge >= 0.3 is 0 Å². The van der Waals surface area contributed by atoms with Crippen molar-refractivity contribution in [2.75, 3.05) is 0 Å². The second-order valence-corrected chi connectivity index (χ2v) is 4.85. The number of aromatic amines is 1. The molecular weight excluding hydrogens is 218 g/mol. The molecule has 0 aromatic carbocycles. The van der Waals surface area contributed by atoms with E-state index in [-0.39, 0.29) is 0 Å². The van der Waals surface area contributed by atoms with Crippen molar-refractivity contribution in [2.45, 2.75) is 19.8 Å². The average Bonchev–Trinajstić information content (AvgIpc) is 2.70. The number of aromatic nitrogens is 3. The van der Waals surface area contributed by atoms with Crippen LogP contribution in [0.25, 0.3) is 10.7 Å². The molecule has 2 aromatic heterocycles. The Kier molecular flexibility index (Phi) is 2.47. The summed E-state index contributed by atoms with van der Waals surface area (Å²) in [7, 11) is 0. The number of hydrogen-bond donors (Lipinski definition) is 1. The maximum absolute atomic E-state index is 5.16. The van der Waals surface area contributed by atoms with Crippen LogP contribution in [0, 0.1) is 3.95 Å². The number of hydrogen-bond acceptors (Lipinski definition) is 5. The van der Waals surface area contributed by atoms with E-state index in [0.717, 1.165) is 16.5 Å². The van der Waals surface area contributed by atoms with Crippen LogP contribution in [0.1, 0.15) is 25.5 Å². The molecule has 0 aliphatic rings. The molecule has 0 aliphatic carbocycles. The van der Waals surface area contributed by atoms with Crippen LogP contribution < -0.4 is 0 Å². The summed E-state index contributed by atoms with van der Waals surface area (Å²) in [5, 5.41) is 11.4. The number of nitrogens with zero attached hydrogens (tertiary/aromatic N) is 2. The van der Waals surface area contributed by atoms with Crippen molar-refractivity contribution in [3.8, 4) is 10.7 Å². The fraction of sp³-hybridized carbons (Fsp3) is 0.375. The van der Waals surface area contributed by atoms with Gasteiger partial charge in [0.05, 0.1) is 0 Å². The van der Waals surface area contributed by atoms with E-state index in [9.17, 15) is 0 Å². The second-order valence-electron chi connectivity index (χ2n) is 3.19. The summed E-state index contributed by atoms with van der Waals surface area (Å²) in [5.74, 6) is 1.20. The van der Waals surface area contributed by atoms with Crippen molar-refractivity contribution in [1.82, 2.24) is 15.4 Å². The minimum atomic E-state index is 0.336. The van der Waals surface area contributed by atoms with Gasteiger partial charge in [-0.05, 0) is 12.2 Å². The standard InChI is InChI=1S/C8H9N3OS2/c1-4(2)6-3-5(11-12-6)7-9-10-8(13)14-7/h3-4H,1-2H3,(H,10,13). The molecule has 0 atom stereocenters. The fourth-order valence-corrected chi connectivity index (χ4v) is 1.84. The molecule has 2 rings (SSSR count). The Balaban J connectivity index is 2.38. The molecule has 0 radical (unpaired) electrons. The van der Waals surface area contributed by atoms with Crippen LogP contribution in [0.3, 0.4) is 0 Å². The molecule has 0 spiro atoms. The van der Waals surface area contributed by atoms with Gasteiger partial charge in [-0.2, -0.15) is 5.10 Å². The molecule has 4 nitrogen and oxygen atoms in total. The van der Waals surface area contributed by atoms with Gasteiger partial charge < -0.3 is 4.52 Å². The highest BCUT2D eigenvalue weighted by atomic mass is 32.1. The van der Waals surface area contributed by atoms with Gasteiger partial charge in [0.1, 0.15) is 11.5 Å². The summed E-state index contributed by atoms with van der Waals surface area (Å²) in [4.78, 5) is 0. The largest absolute Gasteiger partial charge is 0.360 e. The molecule has 0 fully saturated rings. The van der Waals surface area contributed by atoms with Crippen LogP contribution in [0.2, 0.25) is 0 Å². The Hall–Kier alpha value is -1.01. The van der Waals surface area contributed by atoms with Gasteiger partial charge in [-0.25, -0.2) is 0 Å². The Morgan fingerprint density at radius 3 is 2.86 bits per heavy atom. The SMILES string of the molecule is CC(C)c1cc(-c2n[nH]c(=S)s2)no1. The molecule has 0 saturated heterocycles. The zero-order valence-electron chi connectivity index (χ0n) is 7.77. The van der Waals surface area contributed by atoms with E-state index in [1.807, 2.05) is 6.07 Å². The fourth-order valence-electron chi connectivity index (χ4n) is 1.00. The second kappa shape index (κ2) is 3.62. The third-order valence-corrected chi connectivity index (χ3v) is 2.87. The predicted molar refractivity (Wildman–Crippen MR) is 56.9 cm³/mol. The van der Waals surface area contributed by atoms with Crippen molar-refractivity contribution in [2.24, 2.45) is 0 Å². The Morgan fingerprint density at radius 1 is 1.57 bits per heavy atom. The predicted octanol–water partition coefficient (Wildman–Crippen LogP) is 2.98. The van der Waals surface area contributed by atoms with Crippen LogP contribution in [-0.4, -0.2) is 15.4 Å². The first-order chi connectivity index (χ1) is 6.66. The average molecular weight is 227 g/mol. The van der Waals surface area contributed by atoms with Crippen molar-refractivity contribution < 1.29 is 4.52 Å². The van der Waals surface area contributed by atoms with Gasteiger partial charge in [0.2, 0.25) is 0 Å². The summed E-state index contributed by atoms with van der Waals surface area (Å²) in [6.07, 6.45) is 0. The topological polar surface area (TPSA) is 54.7 Å². The lowest BCUT2D eigenvalue weighted by Crippen LogP contribution is -1.80. The lowest BCUT2D eigenvalue weighted by atomic mass is 10.1. The van der Waals surface area contributed by atoms with Crippen molar-refractivity contribution in [1.29, 1.82) is 0 Å². The maximum atomic E-state index is 5.16. The first kappa shape index (κ1) is 9.54. The van der Waals surface area contributed by atoms with Crippen LogP contribution >= 0.6 is 23.6 Å². The Morgan fingerprint density at radius 2 is 2.36 bits per heavy atom. The van der Waals surface area contributed by atoms with Crippen LogP contribution in [0.5, 0.6) is 0 Å². The molecule has 74 valence electrons. The zero-order chi connectivity index (χ0) is 10.1. The van der Waals surface area contributed by atoms with E-state index in [1.165, 1.54) is 11.3 Å². The van der Waals surface area contributed by atoms with Gasteiger partial charge in [0.15, 0.2) is 8.96 Å². The van der Waals surface area contributed by atoms with Gasteiger partial charge in [-0.1, -0.05) is 30.3 Å². The first-order valence-corrected chi connectivity index (χ1v) is 5.42. The summed E-state index contributed by atoms with van der Waals surface area (Å²) in [6.45, 7) is 4.10. The minimum absolute atomic E-state index is 0.336. The van der Waals surface area contributed by atoms with Crippen LogP contribution in [-0.2, 0) is 0 Å². The number of nitrogens with one attached hydrogen (secondary N) is 1. The molecule has 2 aromatic rings. The molecule has 0 aliphatic heterocycles. The smallest absolute Gasteiger partial charge is 0.176 e. The molecule has 0 saturated carbocycles. The third-order valence-electron chi connectivity index (χ3n) is 1.75. The van der Waals surface area contributed by atoms with Crippen molar-refractivity contribution in [3.05, 3.63) is 15.8 Å². The quantitative estimate of drug-likeness (QED) is 0.801. The van der Waals surface area contributed by atoms with Crippen LogP contribution in [0.4, 0.5) is 0 Å². The highest BCUT2D eigenvalue weighted by Crippen LogP contribution is 2.24. The van der Waals surface area contributed by atoms with E-state index in [4.69, 9.17) is 16.7 Å². The highest BCUT2D eigenvalue weighted by molar-refractivity contribution is 7.73. The first-order valence-electron chi connectivity index (χ1n) is 4.19. The summed E-state index contributed by atoms with van der Waals surface area (Å²) in [6, 6.07) is 1.89. The number of H-pyrrole nitrogens is 1.